The first-order valence-electron chi connectivity index (χ1n) is 11.8. The molecule has 2 aromatic carbocycles. The van der Waals surface area contributed by atoms with Gasteiger partial charge in [0.15, 0.2) is 0 Å². The maximum absolute atomic E-state index is 12.8. The normalized spacial score (nSPS) is 14.2. The van der Waals surface area contributed by atoms with Crippen LogP contribution in [0.5, 0.6) is 5.75 Å². The van der Waals surface area contributed by atoms with Gasteiger partial charge in [-0.25, -0.2) is 13.9 Å². The summed E-state index contributed by atoms with van der Waals surface area (Å²) in [5, 5.41) is 4.58. The molecule has 0 saturated carbocycles. The van der Waals surface area contributed by atoms with E-state index in [9.17, 15) is 8.42 Å². The van der Waals surface area contributed by atoms with E-state index >= 15 is 0 Å². The van der Waals surface area contributed by atoms with E-state index in [1.165, 1.54) is 12.4 Å². The molecule has 0 amide bonds. The zero-order chi connectivity index (χ0) is 26.9. The summed E-state index contributed by atoms with van der Waals surface area (Å²) in [5.41, 5.74) is 2.70. The number of hydrogen-bond donors (Lipinski definition) is 1. The standard InChI is InChI=1S/C25H25Cl2N5O5S/c1-3-37-38(33,34)32-15-17(16-6-4-5-7-21(16)32)24-19(27)14-28-25(30-24)29-20-12-18(26)22(13-23(20)35-2)31-8-10-36-11-9-31/h4-7,12-15H,3,8-11H2,1-2H3,(H,28,29,30). The van der Waals surface area contributed by atoms with Crippen LogP contribution in [0, 0.1) is 0 Å². The topological polar surface area (TPSA) is 108 Å². The summed E-state index contributed by atoms with van der Waals surface area (Å²) in [5.74, 6) is 0.776. The molecule has 0 radical (unpaired) electrons. The fourth-order valence-corrected chi connectivity index (χ4v) is 5.84. The molecule has 5 rings (SSSR count). The Hall–Kier alpha value is -3.09. The maximum Gasteiger partial charge on any atom is 0.366 e. The molecule has 13 heteroatoms. The Kier molecular flexibility index (Phi) is 7.64. The molecule has 0 bridgehead atoms. The Bertz CT molecular complexity index is 1590. The zero-order valence-corrected chi connectivity index (χ0v) is 23.0. The first-order chi connectivity index (χ1) is 18.3. The van der Waals surface area contributed by atoms with Gasteiger partial charge in [0, 0.05) is 36.3 Å². The predicted octanol–water partition coefficient (Wildman–Crippen LogP) is 5.12. The monoisotopic (exact) mass is 577 g/mol. The number of fused-ring (bicyclic) bond motifs is 1. The summed E-state index contributed by atoms with van der Waals surface area (Å²) in [6, 6.07) is 10.6. The summed E-state index contributed by atoms with van der Waals surface area (Å²) in [6.45, 7) is 4.32. The van der Waals surface area contributed by atoms with Crippen LogP contribution in [0.3, 0.4) is 0 Å². The summed E-state index contributed by atoms with van der Waals surface area (Å²) in [4.78, 5) is 11.1. The van der Waals surface area contributed by atoms with Crippen molar-refractivity contribution in [3.05, 3.63) is 58.8 Å². The van der Waals surface area contributed by atoms with Gasteiger partial charge < -0.3 is 19.7 Å². The molecule has 1 aliphatic rings. The van der Waals surface area contributed by atoms with E-state index < -0.39 is 10.3 Å². The van der Waals surface area contributed by atoms with Crippen LogP contribution in [0.25, 0.3) is 22.2 Å². The zero-order valence-electron chi connectivity index (χ0n) is 20.6. The molecule has 0 aliphatic carbocycles. The molecular formula is C25H25Cl2N5O5S. The molecule has 38 heavy (non-hydrogen) atoms. The molecular weight excluding hydrogens is 553 g/mol. The van der Waals surface area contributed by atoms with Crippen LogP contribution in [0.1, 0.15) is 6.92 Å². The van der Waals surface area contributed by atoms with Gasteiger partial charge in [0.05, 0.1) is 65.8 Å². The lowest BCUT2D eigenvalue weighted by Crippen LogP contribution is -2.36. The highest BCUT2D eigenvalue weighted by Gasteiger charge is 2.23. The smallest absolute Gasteiger partial charge is 0.366 e. The fourth-order valence-electron chi connectivity index (χ4n) is 4.32. The van der Waals surface area contributed by atoms with Gasteiger partial charge in [0.25, 0.3) is 0 Å². The van der Waals surface area contributed by atoms with Crippen molar-refractivity contribution in [2.24, 2.45) is 0 Å². The van der Waals surface area contributed by atoms with Crippen molar-refractivity contribution >= 4 is 61.7 Å². The lowest BCUT2D eigenvalue weighted by Gasteiger charge is -2.30. The minimum Gasteiger partial charge on any atom is -0.494 e. The number of morpholine rings is 1. The van der Waals surface area contributed by atoms with Crippen LogP contribution in [0.15, 0.2) is 48.8 Å². The van der Waals surface area contributed by atoms with E-state index in [1.54, 1.807) is 44.4 Å². The summed E-state index contributed by atoms with van der Waals surface area (Å²) < 4.78 is 42.7. The summed E-state index contributed by atoms with van der Waals surface area (Å²) in [6.07, 6.45) is 2.90. The number of rotatable bonds is 8. The largest absolute Gasteiger partial charge is 0.494 e. The van der Waals surface area contributed by atoms with Crippen LogP contribution in [-0.4, -0.2) is 62.4 Å². The van der Waals surface area contributed by atoms with Gasteiger partial charge in [0.1, 0.15) is 5.75 Å². The van der Waals surface area contributed by atoms with E-state index in [0.29, 0.717) is 51.8 Å². The Morgan fingerprint density at radius 2 is 1.89 bits per heavy atom. The van der Waals surface area contributed by atoms with E-state index in [2.05, 4.69) is 20.2 Å². The Morgan fingerprint density at radius 1 is 1.13 bits per heavy atom. The number of para-hydroxylation sites is 1. The molecule has 4 aromatic rings. The average molecular weight is 578 g/mol. The molecule has 0 unspecified atom stereocenters. The number of nitrogens with one attached hydrogen (secondary N) is 1. The fraction of sp³-hybridized carbons (Fsp3) is 0.280. The molecule has 1 N–H and O–H groups in total. The lowest BCUT2D eigenvalue weighted by molar-refractivity contribution is 0.122. The van der Waals surface area contributed by atoms with Crippen LogP contribution < -0.4 is 15.0 Å². The highest BCUT2D eigenvalue weighted by Crippen LogP contribution is 2.39. The third kappa shape index (κ3) is 5.12. The van der Waals surface area contributed by atoms with Crippen molar-refractivity contribution in [3.8, 4) is 17.0 Å². The van der Waals surface area contributed by atoms with E-state index in [4.69, 9.17) is 36.9 Å². The minimum atomic E-state index is -4.05. The molecule has 1 aliphatic heterocycles. The third-order valence-electron chi connectivity index (χ3n) is 6.05. The molecule has 1 saturated heterocycles. The van der Waals surface area contributed by atoms with Gasteiger partial charge in [-0.2, -0.15) is 8.42 Å². The second-order valence-electron chi connectivity index (χ2n) is 8.34. The van der Waals surface area contributed by atoms with Crippen LogP contribution in [0.2, 0.25) is 10.0 Å². The number of nitrogens with zero attached hydrogens (tertiary/aromatic N) is 4. The maximum atomic E-state index is 12.8. The summed E-state index contributed by atoms with van der Waals surface area (Å²) in [7, 11) is -2.48. The van der Waals surface area contributed by atoms with Gasteiger partial charge in [-0.1, -0.05) is 41.4 Å². The molecule has 200 valence electrons. The van der Waals surface area contributed by atoms with Crippen LogP contribution >= 0.6 is 23.2 Å². The SMILES string of the molecule is CCOS(=O)(=O)n1cc(-c2nc(Nc3cc(Cl)c(N4CCOCC4)cc3OC)ncc2Cl)c2ccccc21. The third-order valence-corrected chi connectivity index (χ3v) is 7.95. The second kappa shape index (κ2) is 11.0. The first-order valence-corrected chi connectivity index (χ1v) is 13.9. The Balaban J connectivity index is 1.54. The number of anilines is 3. The highest BCUT2D eigenvalue weighted by molar-refractivity contribution is 7.85. The number of benzene rings is 2. The van der Waals surface area contributed by atoms with Crippen molar-refractivity contribution in [3.63, 3.8) is 0 Å². The first kappa shape index (κ1) is 26.5. The van der Waals surface area contributed by atoms with Crippen molar-refractivity contribution in [1.82, 2.24) is 13.9 Å². The van der Waals surface area contributed by atoms with Gasteiger partial charge in [-0.15, -0.1) is 0 Å². The predicted molar refractivity (Wildman–Crippen MR) is 148 cm³/mol. The number of methoxy groups -OCH3 is 1. The number of hydrogen-bond acceptors (Lipinski definition) is 9. The molecule has 10 nitrogen and oxygen atoms in total. The second-order valence-corrected chi connectivity index (χ2v) is 10.6. The lowest BCUT2D eigenvalue weighted by atomic mass is 10.1. The molecule has 1 fully saturated rings. The van der Waals surface area contributed by atoms with Gasteiger partial charge >= 0.3 is 10.3 Å². The minimum absolute atomic E-state index is 0.00122. The van der Waals surface area contributed by atoms with E-state index in [-0.39, 0.29) is 17.6 Å². The molecule has 2 aromatic heterocycles. The van der Waals surface area contributed by atoms with E-state index in [0.717, 1.165) is 22.7 Å². The van der Waals surface area contributed by atoms with Crippen LogP contribution in [0.4, 0.5) is 17.3 Å². The number of halogens is 2. The number of aromatic nitrogens is 3. The van der Waals surface area contributed by atoms with E-state index in [1.807, 2.05) is 6.07 Å². The molecule has 3 heterocycles. The average Bonchev–Trinajstić information content (AvgIpc) is 3.31. The highest BCUT2D eigenvalue weighted by atomic mass is 35.5. The van der Waals surface area contributed by atoms with Crippen molar-refractivity contribution < 1.29 is 22.1 Å². The van der Waals surface area contributed by atoms with Gasteiger partial charge in [-0.3, -0.25) is 4.18 Å². The quantitative estimate of drug-likeness (QED) is 0.305. The Morgan fingerprint density at radius 3 is 2.63 bits per heavy atom. The summed E-state index contributed by atoms with van der Waals surface area (Å²) >= 11 is 13.1. The molecule has 0 spiro atoms. The number of ether oxygens (including phenoxy) is 2. The van der Waals surface area contributed by atoms with Crippen molar-refractivity contribution in [2.45, 2.75) is 6.92 Å². The Labute approximate surface area is 230 Å². The van der Waals surface area contributed by atoms with Crippen molar-refractivity contribution in [2.75, 3.05) is 50.2 Å². The van der Waals surface area contributed by atoms with Crippen molar-refractivity contribution in [1.29, 1.82) is 0 Å². The van der Waals surface area contributed by atoms with Crippen LogP contribution in [-0.2, 0) is 19.2 Å². The van der Waals surface area contributed by atoms with Gasteiger partial charge in [-0.05, 0) is 19.1 Å². The van der Waals surface area contributed by atoms with Gasteiger partial charge in [0.2, 0.25) is 5.95 Å². The molecule has 0 atom stereocenters.